The van der Waals surface area contributed by atoms with Gasteiger partial charge in [0.25, 0.3) is 0 Å². The molecule has 108 valence electrons. The molecule has 0 aliphatic heterocycles. The molecule has 0 spiro atoms. The van der Waals surface area contributed by atoms with E-state index >= 15 is 0 Å². The minimum Gasteiger partial charge on any atom is -0.396 e. The zero-order chi connectivity index (χ0) is 14.5. The molecule has 0 atom stereocenters. The Bertz CT molecular complexity index is 566. The highest BCUT2D eigenvalue weighted by molar-refractivity contribution is 5.96. The molecule has 0 unspecified atom stereocenters. The van der Waals surface area contributed by atoms with Crippen molar-refractivity contribution >= 4 is 16.5 Å². The molecular formula is C17H24N2O. The van der Waals surface area contributed by atoms with Crippen LogP contribution in [0, 0.1) is 0 Å². The molecule has 0 saturated heterocycles. The number of hydrogen-bond donors (Lipinski definition) is 2. The summed E-state index contributed by atoms with van der Waals surface area (Å²) in [7, 11) is 0. The normalized spacial score (nSPS) is 11.2. The molecule has 0 aliphatic carbocycles. The lowest BCUT2D eigenvalue weighted by Crippen LogP contribution is -2.32. The first-order valence-electron chi connectivity index (χ1n) is 7.27. The third-order valence-corrected chi connectivity index (χ3v) is 3.70. The molecule has 2 aromatic carbocycles. The van der Waals surface area contributed by atoms with Crippen molar-refractivity contribution in [2.75, 3.05) is 18.1 Å². The first kappa shape index (κ1) is 14.8. The maximum absolute atomic E-state index is 9.10. The second-order valence-electron chi connectivity index (χ2n) is 5.36. The lowest BCUT2D eigenvalue weighted by atomic mass is 10.0. The highest BCUT2D eigenvalue weighted by Crippen LogP contribution is 2.30. The summed E-state index contributed by atoms with van der Waals surface area (Å²) < 4.78 is 0. The average Bonchev–Trinajstić information content (AvgIpc) is 2.47. The van der Waals surface area contributed by atoms with Crippen LogP contribution in [0.3, 0.4) is 0 Å². The monoisotopic (exact) mass is 272 g/mol. The van der Waals surface area contributed by atoms with Crippen molar-refractivity contribution in [3.05, 3.63) is 42.0 Å². The lowest BCUT2D eigenvalue weighted by Gasteiger charge is -2.30. The number of anilines is 1. The van der Waals surface area contributed by atoms with E-state index in [4.69, 9.17) is 10.8 Å². The fraction of sp³-hybridized carbons (Fsp3) is 0.412. The van der Waals surface area contributed by atoms with Crippen LogP contribution in [0.2, 0.25) is 0 Å². The molecule has 0 amide bonds. The second-order valence-corrected chi connectivity index (χ2v) is 5.36. The molecule has 0 radical (unpaired) electrons. The van der Waals surface area contributed by atoms with Crippen LogP contribution >= 0.6 is 0 Å². The largest absolute Gasteiger partial charge is 0.396 e. The summed E-state index contributed by atoms with van der Waals surface area (Å²) in [6.45, 7) is 6.01. The van der Waals surface area contributed by atoms with Gasteiger partial charge >= 0.3 is 0 Å². The van der Waals surface area contributed by atoms with Crippen molar-refractivity contribution in [3.63, 3.8) is 0 Å². The van der Waals surface area contributed by atoms with Crippen LogP contribution < -0.4 is 10.6 Å². The Morgan fingerprint density at radius 2 is 1.80 bits per heavy atom. The molecular weight excluding hydrogens is 248 g/mol. The van der Waals surface area contributed by atoms with Gasteiger partial charge in [-0.15, -0.1) is 0 Å². The number of rotatable bonds is 6. The quantitative estimate of drug-likeness (QED) is 0.850. The van der Waals surface area contributed by atoms with E-state index in [9.17, 15) is 0 Å². The molecule has 3 heteroatoms. The standard InChI is InChI=1S/C17H24N2O/c1-13(2)19(10-5-11-20)17-9-8-14(12-18)15-6-3-4-7-16(15)17/h3-4,6-9,13,20H,5,10-12,18H2,1-2H3. The lowest BCUT2D eigenvalue weighted by molar-refractivity contribution is 0.288. The fourth-order valence-corrected chi connectivity index (χ4v) is 2.67. The summed E-state index contributed by atoms with van der Waals surface area (Å²) in [6, 6.07) is 13.1. The van der Waals surface area contributed by atoms with Crippen molar-refractivity contribution in [2.24, 2.45) is 5.73 Å². The van der Waals surface area contributed by atoms with Gasteiger partial charge in [-0.1, -0.05) is 30.3 Å². The van der Waals surface area contributed by atoms with E-state index in [-0.39, 0.29) is 6.61 Å². The molecule has 0 bridgehead atoms. The highest BCUT2D eigenvalue weighted by Gasteiger charge is 2.14. The summed E-state index contributed by atoms with van der Waals surface area (Å²) >= 11 is 0. The first-order chi connectivity index (χ1) is 9.69. The van der Waals surface area contributed by atoms with Gasteiger partial charge < -0.3 is 15.7 Å². The van der Waals surface area contributed by atoms with Gasteiger partial charge in [0.15, 0.2) is 0 Å². The van der Waals surface area contributed by atoms with Crippen LogP contribution in [-0.2, 0) is 6.54 Å². The van der Waals surface area contributed by atoms with Gasteiger partial charge in [0, 0.05) is 36.8 Å². The SMILES string of the molecule is CC(C)N(CCCO)c1ccc(CN)c2ccccc12. The predicted octanol–water partition coefficient (Wildman–Crippen LogP) is 2.90. The van der Waals surface area contributed by atoms with E-state index in [2.05, 4.69) is 55.1 Å². The second kappa shape index (κ2) is 6.73. The van der Waals surface area contributed by atoms with Crippen LogP contribution in [0.25, 0.3) is 10.8 Å². The third kappa shape index (κ3) is 2.94. The molecule has 0 aliphatic rings. The van der Waals surface area contributed by atoms with Crippen LogP contribution in [0.1, 0.15) is 25.8 Å². The summed E-state index contributed by atoms with van der Waals surface area (Å²) in [6.07, 6.45) is 0.783. The molecule has 20 heavy (non-hydrogen) atoms. The number of aliphatic hydroxyl groups excluding tert-OH is 1. The predicted molar refractivity (Wildman–Crippen MR) is 86.0 cm³/mol. The van der Waals surface area contributed by atoms with Gasteiger partial charge in [0.2, 0.25) is 0 Å². The van der Waals surface area contributed by atoms with Gasteiger partial charge in [-0.3, -0.25) is 0 Å². The molecule has 0 saturated carbocycles. The number of fused-ring (bicyclic) bond motifs is 1. The van der Waals surface area contributed by atoms with Crippen molar-refractivity contribution in [1.82, 2.24) is 0 Å². The van der Waals surface area contributed by atoms with Crippen LogP contribution in [0.5, 0.6) is 0 Å². The first-order valence-corrected chi connectivity index (χ1v) is 7.27. The number of benzene rings is 2. The van der Waals surface area contributed by atoms with Crippen molar-refractivity contribution in [3.8, 4) is 0 Å². The molecule has 3 nitrogen and oxygen atoms in total. The maximum Gasteiger partial charge on any atom is 0.0448 e. The summed E-state index contributed by atoms with van der Waals surface area (Å²) in [5, 5.41) is 11.6. The number of hydrogen-bond acceptors (Lipinski definition) is 3. The van der Waals surface area contributed by atoms with Gasteiger partial charge in [-0.05, 0) is 37.3 Å². The van der Waals surface area contributed by atoms with Crippen LogP contribution in [0.4, 0.5) is 5.69 Å². The zero-order valence-electron chi connectivity index (χ0n) is 12.3. The van der Waals surface area contributed by atoms with Gasteiger partial charge in [-0.25, -0.2) is 0 Å². The van der Waals surface area contributed by atoms with E-state index in [0.29, 0.717) is 12.6 Å². The number of aliphatic hydroxyl groups is 1. The van der Waals surface area contributed by atoms with E-state index in [1.54, 1.807) is 0 Å². The fourth-order valence-electron chi connectivity index (χ4n) is 2.67. The Labute approximate surface area is 121 Å². The minimum atomic E-state index is 0.224. The molecule has 2 rings (SSSR count). The summed E-state index contributed by atoms with van der Waals surface area (Å²) in [5.74, 6) is 0. The molecule has 0 heterocycles. The van der Waals surface area contributed by atoms with E-state index in [1.165, 1.54) is 22.0 Å². The molecule has 3 N–H and O–H groups in total. The van der Waals surface area contributed by atoms with Gasteiger partial charge in [-0.2, -0.15) is 0 Å². The Hall–Kier alpha value is -1.58. The summed E-state index contributed by atoms with van der Waals surface area (Å²) in [5.41, 5.74) is 8.23. The average molecular weight is 272 g/mol. The third-order valence-electron chi connectivity index (χ3n) is 3.70. The number of nitrogens with zero attached hydrogens (tertiary/aromatic N) is 1. The van der Waals surface area contributed by atoms with Gasteiger partial charge in [0.05, 0.1) is 0 Å². The van der Waals surface area contributed by atoms with E-state index < -0.39 is 0 Å². The molecule has 2 aromatic rings. The minimum absolute atomic E-state index is 0.224. The van der Waals surface area contributed by atoms with Crippen molar-refractivity contribution in [1.29, 1.82) is 0 Å². The van der Waals surface area contributed by atoms with E-state index in [1.807, 2.05) is 0 Å². The Morgan fingerprint density at radius 3 is 2.40 bits per heavy atom. The molecule has 0 fully saturated rings. The zero-order valence-corrected chi connectivity index (χ0v) is 12.3. The maximum atomic E-state index is 9.10. The Morgan fingerprint density at radius 1 is 1.10 bits per heavy atom. The topological polar surface area (TPSA) is 49.5 Å². The Balaban J connectivity index is 2.52. The van der Waals surface area contributed by atoms with Crippen molar-refractivity contribution < 1.29 is 5.11 Å². The highest BCUT2D eigenvalue weighted by atomic mass is 16.3. The van der Waals surface area contributed by atoms with Crippen molar-refractivity contribution in [2.45, 2.75) is 32.9 Å². The van der Waals surface area contributed by atoms with E-state index in [0.717, 1.165) is 13.0 Å². The van der Waals surface area contributed by atoms with Crippen LogP contribution in [0.15, 0.2) is 36.4 Å². The Kier molecular flexibility index (Phi) is 4.99. The van der Waals surface area contributed by atoms with Gasteiger partial charge in [0.1, 0.15) is 0 Å². The molecule has 0 aromatic heterocycles. The number of nitrogens with two attached hydrogens (primary N) is 1. The summed E-state index contributed by atoms with van der Waals surface area (Å²) in [4.78, 5) is 2.35. The van der Waals surface area contributed by atoms with Crippen LogP contribution in [-0.4, -0.2) is 24.3 Å². The smallest absolute Gasteiger partial charge is 0.0448 e.